The average molecular weight is 466 g/mol. The fourth-order valence-electron chi connectivity index (χ4n) is 5.43. The van der Waals surface area contributed by atoms with Crippen LogP contribution in [0.15, 0.2) is 23.0 Å². The Kier molecular flexibility index (Phi) is 6.02. The number of aryl methyl sites for hydroxylation is 1. The van der Waals surface area contributed by atoms with E-state index in [1.54, 1.807) is 11.8 Å². The number of aliphatic carboxylic acids is 1. The van der Waals surface area contributed by atoms with Crippen LogP contribution in [-0.4, -0.2) is 51.0 Å². The zero-order valence-corrected chi connectivity index (χ0v) is 19.7. The van der Waals surface area contributed by atoms with Crippen LogP contribution in [0.5, 0.6) is 5.75 Å². The summed E-state index contributed by atoms with van der Waals surface area (Å²) in [6.07, 6.45) is 6.95. The van der Waals surface area contributed by atoms with Gasteiger partial charge < -0.3 is 19.7 Å². The van der Waals surface area contributed by atoms with Gasteiger partial charge >= 0.3 is 5.97 Å². The van der Waals surface area contributed by atoms with Gasteiger partial charge in [0.1, 0.15) is 17.0 Å². The standard InChI is InChI=1S/C25H31N5O4/c1-29-23-20(21(28-29)15-6-4-3-5-7-15)24(31)27-22(26-23)18-9-8-17(14-19(18)34-2)30-12-10-16(11-13-30)25(32)33/h8-9,14-16H,3-7,10-13H2,1-2H3,(H,32,33)(H,26,27,31). The molecule has 1 saturated carbocycles. The summed E-state index contributed by atoms with van der Waals surface area (Å²) in [5.41, 5.74) is 2.94. The number of methoxy groups -OCH3 is 1. The van der Waals surface area contributed by atoms with Gasteiger partial charge in [-0.3, -0.25) is 9.59 Å². The van der Waals surface area contributed by atoms with Crippen LogP contribution < -0.4 is 15.2 Å². The van der Waals surface area contributed by atoms with Crippen LogP contribution in [0.3, 0.4) is 0 Å². The van der Waals surface area contributed by atoms with Gasteiger partial charge in [0.05, 0.1) is 24.3 Å². The van der Waals surface area contributed by atoms with Gasteiger partial charge in [0.25, 0.3) is 5.56 Å². The minimum Gasteiger partial charge on any atom is -0.496 e. The predicted octanol–water partition coefficient (Wildman–Crippen LogP) is 3.68. The number of aromatic nitrogens is 4. The molecular formula is C25H31N5O4. The summed E-state index contributed by atoms with van der Waals surface area (Å²) in [6, 6.07) is 5.80. The molecule has 2 fully saturated rings. The molecule has 0 amide bonds. The number of nitrogens with one attached hydrogen (secondary N) is 1. The molecule has 0 spiro atoms. The number of rotatable bonds is 5. The lowest BCUT2D eigenvalue weighted by molar-refractivity contribution is -0.142. The van der Waals surface area contributed by atoms with Crippen molar-refractivity contribution >= 4 is 22.7 Å². The van der Waals surface area contributed by atoms with E-state index in [9.17, 15) is 14.7 Å². The molecule has 9 heteroatoms. The Morgan fingerprint density at radius 1 is 1.15 bits per heavy atom. The van der Waals surface area contributed by atoms with Crippen molar-refractivity contribution in [3.05, 3.63) is 34.2 Å². The topological polar surface area (TPSA) is 113 Å². The zero-order chi connectivity index (χ0) is 23.8. The van der Waals surface area contributed by atoms with Gasteiger partial charge in [-0.1, -0.05) is 19.3 Å². The van der Waals surface area contributed by atoms with Gasteiger partial charge in [-0.2, -0.15) is 5.10 Å². The van der Waals surface area contributed by atoms with Crippen LogP contribution in [0.1, 0.15) is 56.6 Å². The number of carboxylic acid groups (broad SMARTS) is 1. The molecule has 2 aromatic heterocycles. The molecule has 9 nitrogen and oxygen atoms in total. The first-order chi connectivity index (χ1) is 16.5. The van der Waals surface area contributed by atoms with Gasteiger partial charge in [-0.05, 0) is 37.8 Å². The van der Waals surface area contributed by atoms with Gasteiger partial charge in [-0.25, -0.2) is 9.67 Å². The molecule has 0 radical (unpaired) electrons. The molecule has 1 aliphatic heterocycles. The maximum atomic E-state index is 13.2. The number of nitrogens with zero attached hydrogens (tertiary/aromatic N) is 4. The summed E-state index contributed by atoms with van der Waals surface area (Å²) < 4.78 is 7.38. The highest BCUT2D eigenvalue weighted by Crippen LogP contribution is 2.36. The Balaban J connectivity index is 1.48. The van der Waals surface area contributed by atoms with E-state index in [2.05, 4.69) is 9.88 Å². The Morgan fingerprint density at radius 3 is 2.56 bits per heavy atom. The third-order valence-corrected chi connectivity index (χ3v) is 7.36. The van der Waals surface area contributed by atoms with Gasteiger partial charge in [0, 0.05) is 37.8 Å². The van der Waals surface area contributed by atoms with Crippen molar-refractivity contribution < 1.29 is 14.6 Å². The third-order valence-electron chi connectivity index (χ3n) is 7.36. The molecule has 2 N–H and O–H groups in total. The van der Waals surface area contributed by atoms with E-state index in [-0.39, 0.29) is 11.5 Å². The number of hydrogen-bond acceptors (Lipinski definition) is 6. The summed E-state index contributed by atoms with van der Waals surface area (Å²) in [5, 5.41) is 14.5. The first-order valence-electron chi connectivity index (χ1n) is 12.1. The van der Waals surface area contributed by atoms with Gasteiger partial charge in [0.2, 0.25) is 0 Å². The molecule has 0 bridgehead atoms. The van der Waals surface area contributed by atoms with Crippen LogP contribution in [0.25, 0.3) is 22.4 Å². The highest BCUT2D eigenvalue weighted by Gasteiger charge is 2.27. The van der Waals surface area contributed by atoms with Crippen molar-refractivity contribution in [3.8, 4) is 17.1 Å². The smallest absolute Gasteiger partial charge is 0.306 e. The number of piperidine rings is 1. The molecule has 1 saturated heterocycles. The summed E-state index contributed by atoms with van der Waals surface area (Å²) in [4.78, 5) is 34.4. The first-order valence-corrected chi connectivity index (χ1v) is 12.1. The van der Waals surface area contributed by atoms with E-state index in [1.165, 1.54) is 19.3 Å². The molecule has 5 rings (SSSR count). The maximum absolute atomic E-state index is 13.2. The monoisotopic (exact) mass is 465 g/mol. The number of ether oxygens (including phenoxy) is 1. The number of carbonyl (C=O) groups is 1. The average Bonchev–Trinajstić information content (AvgIpc) is 3.21. The van der Waals surface area contributed by atoms with Crippen LogP contribution in [0.2, 0.25) is 0 Å². The number of benzene rings is 1. The number of H-pyrrole nitrogens is 1. The fraction of sp³-hybridized carbons (Fsp3) is 0.520. The van der Waals surface area contributed by atoms with Crippen molar-refractivity contribution in [1.29, 1.82) is 0 Å². The molecular weight excluding hydrogens is 434 g/mol. The van der Waals surface area contributed by atoms with Crippen molar-refractivity contribution in [2.45, 2.75) is 50.9 Å². The molecule has 1 aliphatic carbocycles. The van der Waals surface area contributed by atoms with E-state index in [1.807, 2.05) is 25.2 Å². The van der Waals surface area contributed by atoms with E-state index in [0.717, 1.165) is 24.2 Å². The van der Waals surface area contributed by atoms with Crippen LogP contribution in [0, 0.1) is 5.92 Å². The van der Waals surface area contributed by atoms with Gasteiger partial charge in [0.15, 0.2) is 5.65 Å². The summed E-state index contributed by atoms with van der Waals surface area (Å²) in [5.74, 6) is 0.361. The zero-order valence-electron chi connectivity index (χ0n) is 19.7. The summed E-state index contributed by atoms with van der Waals surface area (Å²) in [6.45, 7) is 1.36. The molecule has 3 heterocycles. The largest absolute Gasteiger partial charge is 0.496 e. The Hall–Kier alpha value is -3.36. The van der Waals surface area contributed by atoms with E-state index in [4.69, 9.17) is 14.8 Å². The van der Waals surface area contributed by atoms with Crippen molar-refractivity contribution in [3.63, 3.8) is 0 Å². The second kappa shape index (κ2) is 9.12. The first kappa shape index (κ1) is 22.4. The van der Waals surface area contributed by atoms with Crippen molar-refractivity contribution in [2.75, 3.05) is 25.1 Å². The van der Waals surface area contributed by atoms with Crippen LogP contribution >= 0.6 is 0 Å². The number of aromatic amines is 1. The third kappa shape index (κ3) is 4.03. The Labute approximate surface area is 197 Å². The quantitative estimate of drug-likeness (QED) is 0.591. The van der Waals surface area contributed by atoms with E-state index < -0.39 is 5.97 Å². The second-order valence-corrected chi connectivity index (χ2v) is 9.44. The molecule has 0 unspecified atom stereocenters. The molecule has 3 aromatic rings. The molecule has 0 atom stereocenters. The lowest BCUT2D eigenvalue weighted by Gasteiger charge is -2.32. The molecule has 34 heavy (non-hydrogen) atoms. The van der Waals surface area contributed by atoms with Crippen molar-refractivity contribution in [2.24, 2.45) is 13.0 Å². The molecule has 1 aromatic carbocycles. The second-order valence-electron chi connectivity index (χ2n) is 9.44. The van der Waals surface area contributed by atoms with E-state index >= 15 is 0 Å². The Bertz CT molecular complexity index is 1270. The summed E-state index contributed by atoms with van der Waals surface area (Å²) in [7, 11) is 3.44. The minimum absolute atomic E-state index is 0.171. The number of carboxylic acids is 1. The highest BCUT2D eigenvalue weighted by atomic mass is 16.5. The number of hydrogen-bond donors (Lipinski definition) is 2. The highest BCUT2D eigenvalue weighted by molar-refractivity contribution is 5.81. The van der Waals surface area contributed by atoms with Crippen LogP contribution in [-0.2, 0) is 11.8 Å². The molecule has 2 aliphatic rings. The van der Waals surface area contributed by atoms with Gasteiger partial charge in [-0.15, -0.1) is 0 Å². The normalized spacial score (nSPS) is 17.9. The predicted molar refractivity (Wildman–Crippen MR) is 130 cm³/mol. The SMILES string of the molecule is COc1cc(N2CCC(C(=O)O)CC2)ccc1-c1nc2c(c(C3CCCCC3)nn2C)c(=O)[nH]1. The minimum atomic E-state index is -0.722. The van der Waals surface area contributed by atoms with E-state index in [0.29, 0.717) is 60.0 Å². The van der Waals surface area contributed by atoms with Crippen molar-refractivity contribution in [1.82, 2.24) is 19.7 Å². The maximum Gasteiger partial charge on any atom is 0.306 e. The lowest BCUT2D eigenvalue weighted by atomic mass is 9.86. The molecule has 180 valence electrons. The summed E-state index contributed by atoms with van der Waals surface area (Å²) >= 11 is 0. The Morgan fingerprint density at radius 2 is 1.88 bits per heavy atom. The number of anilines is 1. The fourth-order valence-corrected chi connectivity index (χ4v) is 5.43. The number of fused-ring (bicyclic) bond motifs is 1. The lowest BCUT2D eigenvalue weighted by Crippen LogP contribution is -2.36. The van der Waals surface area contributed by atoms with Crippen LogP contribution in [0.4, 0.5) is 5.69 Å².